The fourth-order valence-electron chi connectivity index (χ4n) is 2.74. The van der Waals surface area contributed by atoms with Gasteiger partial charge in [-0.2, -0.15) is 15.4 Å². The number of carboxylic acid groups (broad SMARTS) is 1. The van der Waals surface area contributed by atoms with Gasteiger partial charge in [0.2, 0.25) is 0 Å². The summed E-state index contributed by atoms with van der Waals surface area (Å²) < 4.78 is 0. The summed E-state index contributed by atoms with van der Waals surface area (Å²) in [4.78, 5) is 14.2. The molecular formula is C16H12N4O2. The van der Waals surface area contributed by atoms with Gasteiger partial charge in [0.15, 0.2) is 0 Å². The average molecular weight is 292 g/mol. The van der Waals surface area contributed by atoms with Gasteiger partial charge in [-0.25, -0.2) is 4.79 Å². The standard InChI is InChI=1S/C16H12N4O2/c21-16(22)10-4-5-12-11(8-17-14(12)7-10)6-9-2-1-3-13-15(9)19-20-18-13/h1-5,7-8,17H,6H2,(H,21,22)(H,18,19,20). The van der Waals surface area contributed by atoms with Crippen LogP contribution in [0.2, 0.25) is 0 Å². The first-order chi connectivity index (χ1) is 10.7. The number of hydrogen-bond acceptors (Lipinski definition) is 3. The summed E-state index contributed by atoms with van der Waals surface area (Å²) in [7, 11) is 0. The van der Waals surface area contributed by atoms with Crippen LogP contribution < -0.4 is 0 Å². The second-order valence-corrected chi connectivity index (χ2v) is 5.16. The first kappa shape index (κ1) is 12.6. The first-order valence-electron chi connectivity index (χ1n) is 6.84. The van der Waals surface area contributed by atoms with E-state index >= 15 is 0 Å². The first-order valence-corrected chi connectivity index (χ1v) is 6.84. The van der Waals surface area contributed by atoms with Crippen molar-refractivity contribution in [1.29, 1.82) is 0 Å². The minimum Gasteiger partial charge on any atom is -0.478 e. The summed E-state index contributed by atoms with van der Waals surface area (Å²) in [6, 6.07) is 11.0. The van der Waals surface area contributed by atoms with E-state index in [4.69, 9.17) is 5.11 Å². The zero-order valence-corrected chi connectivity index (χ0v) is 11.5. The van der Waals surface area contributed by atoms with Gasteiger partial charge < -0.3 is 10.1 Å². The molecular weight excluding hydrogens is 280 g/mol. The Morgan fingerprint density at radius 1 is 1.14 bits per heavy atom. The van der Waals surface area contributed by atoms with Crippen molar-refractivity contribution in [3.8, 4) is 0 Å². The highest BCUT2D eigenvalue weighted by Crippen LogP contribution is 2.24. The predicted molar refractivity (Wildman–Crippen MR) is 82.0 cm³/mol. The van der Waals surface area contributed by atoms with Crippen molar-refractivity contribution in [1.82, 2.24) is 20.4 Å². The largest absolute Gasteiger partial charge is 0.478 e. The maximum Gasteiger partial charge on any atom is 0.335 e. The van der Waals surface area contributed by atoms with Crippen molar-refractivity contribution in [2.45, 2.75) is 6.42 Å². The molecule has 0 radical (unpaired) electrons. The third-order valence-corrected chi connectivity index (χ3v) is 3.83. The monoisotopic (exact) mass is 292 g/mol. The topological polar surface area (TPSA) is 94.7 Å². The Kier molecular flexibility index (Phi) is 2.69. The molecule has 0 fully saturated rings. The van der Waals surface area contributed by atoms with Crippen molar-refractivity contribution in [3.63, 3.8) is 0 Å². The van der Waals surface area contributed by atoms with Crippen molar-refractivity contribution >= 4 is 27.9 Å². The van der Waals surface area contributed by atoms with Crippen molar-refractivity contribution in [2.24, 2.45) is 0 Å². The van der Waals surface area contributed by atoms with Crippen LogP contribution in [0.3, 0.4) is 0 Å². The van der Waals surface area contributed by atoms with E-state index < -0.39 is 5.97 Å². The van der Waals surface area contributed by atoms with E-state index in [-0.39, 0.29) is 5.56 Å². The van der Waals surface area contributed by atoms with Crippen LogP contribution in [0.5, 0.6) is 0 Å². The molecule has 0 saturated heterocycles. The van der Waals surface area contributed by atoms with Gasteiger partial charge in [0.1, 0.15) is 11.0 Å². The Bertz CT molecular complexity index is 1000. The van der Waals surface area contributed by atoms with Crippen molar-refractivity contribution < 1.29 is 9.90 Å². The highest BCUT2D eigenvalue weighted by atomic mass is 16.4. The third-order valence-electron chi connectivity index (χ3n) is 3.83. The molecule has 0 atom stereocenters. The fourth-order valence-corrected chi connectivity index (χ4v) is 2.74. The van der Waals surface area contributed by atoms with Gasteiger partial charge >= 0.3 is 5.97 Å². The Hall–Kier alpha value is -3.15. The zero-order chi connectivity index (χ0) is 15.1. The van der Waals surface area contributed by atoms with E-state index in [9.17, 15) is 4.79 Å². The van der Waals surface area contributed by atoms with Crippen LogP contribution in [0.15, 0.2) is 42.6 Å². The molecule has 0 unspecified atom stereocenters. The van der Waals surface area contributed by atoms with Crippen molar-refractivity contribution in [3.05, 3.63) is 59.3 Å². The Balaban J connectivity index is 1.78. The Labute approximate surface area is 124 Å². The van der Waals surface area contributed by atoms with Gasteiger partial charge in [0.05, 0.1) is 5.56 Å². The fraction of sp³-hybridized carbons (Fsp3) is 0.0625. The number of hydrogen-bond donors (Lipinski definition) is 3. The maximum absolute atomic E-state index is 11.0. The van der Waals surface area contributed by atoms with E-state index in [2.05, 4.69) is 20.4 Å². The number of fused-ring (bicyclic) bond motifs is 2. The van der Waals surface area contributed by atoms with Gasteiger partial charge in [-0.1, -0.05) is 18.2 Å². The van der Waals surface area contributed by atoms with E-state index in [1.54, 1.807) is 12.1 Å². The molecule has 3 N–H and O–H groups in total. The number of para-hydroxylation sites is 1. The minimum atomic E-state index is -0.926. The van der Waals surface area contributed by atoms with Crippen LogP contribution in [0.1, 0.15) is 21.5 Å². The second kappa shape index (κ2) is 4.70. The molecule has 2 aromatic carbocycles. The molecule has 2 heterocycles. The van der Waals surface area contributed by atoms with Crippen LogP contribution in [0, 0.1) is 0 Å². The van der Waals surface area contributed by atoms with Gasteiger partial charge in [-0.15, -0.1) is 0 Å². The summed E-state index contributed by atoms with van der Waals surface area (Å²) in [5, 5.41) is 21.0. The SMILES string of the molecule is O=C(O)c1ccc2c(Cc3cccc4n[nH]nc34)c[nH]c2c1. The predicted octanol–water partition coefficient (Wildman–Crippen LogP) is 2.73. The van der Waals surface area contributed by atoms with Crippen LogP contribution in [0.25, 0.3) is 21.9 Å². The van der Waals surface area contributed by atoms with Gasteiger partial charge in [0.25, 0.3) is 0 Å². The Morgan fingerprint density at radius 2 is 2.05 bits per heavy atom. The Morgan fingerprint density at radius 3 is 2.91 bits per heavy atom. The number of nitrogens with zero attached hydrogens (tertiary/aromatic N) is 2. The minimum absolute atomic E-state index is 0.277. The molecule has 0 aliphatic carbocycles. The molecule has 108 valence electrons. The molecule has 4 aromatic rings. The molecule has 0 bridgehead atoms. The average Bonchev–Trinajstić information content (AvgIpc) is 3.14. The lowest BCUT2D eigenvalue weighted by molar-refractivity contribution is 0.0697. The van der Waals surface area contributed by atoms with Crippen LogP contribution >= 0.6 is 0 Å². The maximum atomic E-state index is 11.0. The summed E-state index contributed by atoms with van der Waals surface area (Å²) in [5.74, 6) is -0.926. The third kappa shape index (κ3) is 1.93. The molecule has 2 aromatic heterocycles. The number of aromatic carboxylic acids is 1. The zero-order valence-electron chi connectivity index (χ0n) is 11.5. The number of carboxylic acids is 1. The molecule has 22 heavy (non-hydrogen) atoms. The summed E-state index contributed by atoms with van der Waals surface area (Å²) in [6.45, 7) is 0. The molecule has 6 heteroatoms. The number of nitrogens with one attached hydrogen (secondary N) is 2. The molecule has 0 aliphatic rings. The molecule has 6 nitrogen and oxygen atoms in total. The molecule has 0 amide bonds. The highest BCUT2D eigenvalue weighted by Gasteiger charge is 2.11. The molecule has 0 saturated carbocycles. The second-order valence-electron chi connectivity index (χ2n) is 5.16. The van der Waals surface area contributed by atoms with Crippen molar-refractivity contribution in [2.75, 3.05) is 0 Å². The number of aromatic amines is 2. The highest BCUT2D eigenvalue weighted by molar-refractivity contribution is 5.94. The van der Waals surface area contributed by atoms with Gasteiger partial charge in [-0.3, -0.25) is 0 Å². The van der Waals surface area contributed by atoms with Crippen LogP contribution in [-0.4, -0.2) is 31.5 Å². The normalized spacial score (nSPS) is 11.3. The summed E-state index contributed by atoms with van der Waals surface area (Å²) >= 11 is 0. The lowest BCUT2D eigenvalue weighted by atomic mass is 10.0. The van der Waals surface area contributed by atoms with Gasteiger partial charge in [-0.05, 0) is 29.3 Å². The van der Waals surface area contributed by atoms with E-state index in [1.807, 2.05) is 30.5 Å². The summed E-state index contributed by atoms with van der Waals surface area (Å²) in [6.07, 6.45) is 2.62. The molecule has 0 spiro atoms. The van der Waals surface area contributed by atoms with E-state index in [1.165, 1.54) is 0 Å². The lowest BCUT2D eigenvalue weighted by Gasteiger charge is -2.01. The smallest absolute Gasteiger partial charge is 0.335 e. The van der Waals surface area contributed by atoms with Crippen LogP contribution in [0.4, 0.5) is 0 Å². The lowest BCUT2D eigenvalue weighted by Crippen LogP contribution is -1.95. The molecule has 4 rings (SSSR count). The van der Waals surface area contributed by atoms with E-state index in [0.29, 0.717) is 6.42 Å². The number of aromatic nitrogens is 4. The van der Waals surface area contributed by atoms with Crippen LogP contribution in [-0.2, 0) is 6.42 Å². The van der Waals surface area contributed by atoms with E-state index in [0.717, 1.165) is 33.1 Å². The number of benzene rings is 2. The number of rotatable bonds is 3. The van der Waals surface area contributed by atoms with Gasteiger partial charge in [0, 0.05) is 23.5 Å². The summed E-state index contributed by atoms with van der Waals surface area (Å²) in [5.41, 5.74) is 4.98. The number of carbonyl (C=O) groups is 1. The molecule has 0 aliphatic heterocycles. The number of H-pyrrole nitrogens is 2. The quantitative estimate of drug-likeness (QED) is 0.541.